The van der Waals surface area contributed by atoms with Gasteiger partial charge in [0, 0.05) is 0 Å². The molecule has 0 atom stereocenters. The van der Waals surface area contributed by atoms with Crippen LogP contribution in [0.4, 0.5) is 0 Å². The smallest absolute Gasteiger partial charge is 0.317 e. The highest BCUT2D eigenvalue weighted by atomic mass is 16.6. The summed E-state index contributed by atoms with van der Waals surface area (Å²) in [5.74, 6) is -0.977. The average Bonchev–Trinajstić information content (AvgIpc) is 2.52. The van der Waals surface area contributed by atoms with Crippen molar-refractivity contribution in [3.05, 3.63) is 0 Å². The van der Waals surface area contributed by atoms with Crippen LogP contribution in [0.15, 0.2) is 0 Å². The second-order valence-electron chi connectivity index (χ2n) is 8.97. The van der Waals surface area contributed by atoms with Crippen molar-refractivity contribution in [1.82, 2.24) is 0 Å². The number of ether oxygens (including phenoxy) is 2. The van der Waals surface area contributed by atoms with E-state index in [4.69, 9.17) is 9.47 Å². The van der Waals surface area contributed by atoms with E-state index in [9.17, 15) is 9.59 Å². The fourth-order valence-corrected chi connectivity index (χ4v) is 3.22. The quantitative estimate of drug-likeness (QED) is 0.168. The van der Waals surface area contributed by atoms with Crippen molar-refractivity contribution in [2.45, 2.75) is 136 Å². The molecule has 0 aliphatic rings. The van der Waals surface area contributed by atoms with Gasteiger partial charge in [0.15, 0.2) is 0 Å². The van der Waals surface area contributed by atoms with Crippen LogP contribution in [-0.2, 0) is 19.1 Å². The van der Waals surface area contributed by atoms with Crippen molar-refractivity contribution in [2.75, 3.05) is 0 Å². The molecular weight excluding hydrogens is 340 g/mol. The van der Waals surface area contributed by atoms with E-state index in [-0.39, 0.29) is 6.42 Å². The van der Waals surface area contributed by atoms with Gasteiger partial charge in [0.25, 0.3) is 0 Å². The van der Waals surface area contributed by atoms with Gasteiger partial charge in [0.05, 0.1) is 0 Å². The summed E-state index contributed by atoms with van der Waals surface area (Å²) in [6, 6.07) is 0. The Bertz CT molecular complexity index is 375. The normalized spacial score (nSPS) is 12.1. The van der Waals surface area contributed by atoms with Crippen molar-refractivity contribution >= 4 is 11.9 Å². The summed E-state index contributed by atoms with van der Waals surface area (Å²) in [5, 5.41) is 0. The fraction of sp³-hybridized carbons (Fsp3) is 0.913. The maximum Gasteiger partial charge on any atom is 0.317 e. The summed E-state index contributed by atoms with van der Waals surface area (Å²) in [6.45, 7) is 12.0. The zero-order chi connectivity index (χ0) is 20.8. The van der Waals surface area contributed by atoms with Crippen LogP contribution >= 0.6 is 0 Å². The number of hydrogen-bond donors (Lipinski definition) is 0. The molecule has 27 heavy (non-hydrogen) atoms. The number of hydrogen-bond acceptors (Lipinski definition) is 4. The molecule has 0 saturated heterocycles. The fourth-order valence-electron chi connectivity index (χ4n) is 3.22. The van der Waals surface area contributed by atoms with Crippen LogP contribution in [0.1, 0.15) is 125 Å². The van der Waals surface area contributed by atoms with Crippen LogP contribution in [0.5, 0.6) is 0 Å². The van der Waals surface area contributed by atoms with E-state index < -0.39 is 23.1 Å². The number of esters is 2. The van der Waals surface area contributed by atoms with Gasteiger partial charge in [0.1, 0.15) is 17.6 Å². The number of unbranched alkanes of at least 4 members (excludes halogenated alkanes) is 8. The molecule has 4 heteroatoms. The second kappa shape index (κ2) is 14.0. The van der Waals surface area contributed by atoms with E-state index in [1.807, 2.05) is 27.7 Å². The number of rotatable bonds is 16. The summed E-state index contributed by atoms with van der Waals surface area (Å²) >= 11 is 0. The molecule has 0 aromatic rings. The van der Waals surface area contributed by atoms with E-state index in [2.05, 4.69) is 13.8 Å². The molecule has 0 radical (unpaired) electrons. The minimum absolute atomic E-state index is 0.307. The Labute approximate surface area is 167 Å². The minimum Gasteiger partial charge on any atom is -0.459 e. The zero-order valence-corrected chi connectivity index (χ0v) is 18.8. The van der Waals surface area contributed by atoms with Crippen LogP contribution in [0.25, 0.3) is 0 Å². The van der Waals surface area contributed by atoms with E-state index in [0.717, 1.165) is 38.5 Å². The number of carbonyl (C=O) groups is 2. The second-order valence-corrected chi connectivity index (χ2v) is 8.97. The molecule has 0 heterocycles. The first kappa shape index (κ1) is 25.9. The van der Waals surface area contributed by atoms with Crippen molar-refractivity contribution in [3.63, 3.8) is 0 Å². The molecule has 0 aromatic heterocycles. The van der Waals surface area contributed by atoms with Crippen LogP contribution in [-0.4, -0.2) is 23.1 Å². The molecule has 0 fully saturated rings. The molecule has 0 spiro atoms. The lowest BCUT2D eigenvalue weighted by atomic mass is 9.99. The summed E-state index contributed by atoms with van der Waals surface area (Å²) < 4.78 is 11.0. The Kier molecular flexibility index (Phi) is 13.5. The SMILES string of the molecule is CCCCCCCC(C)(C)OC(=O)CC(=O)OC(C)(C)CCCCCCC. The first-order valence-corrected chi connectivity index (χ1v) is 11.1. The van der Waals surface area contributed by atoms with Gasteiger partial charge in [0.2, 0.25) is 0 Å². The van der Waals surface area contributed by atoms with Gasteiger partial charge in [-0.25, -0.2) is 0 Å². The predicted octanol–water partition coefficient (Wildman–Crippen LogP) is 6.74. The zero-order valence-electron chi connectivity index (χ0n) is 18.8. The van der Waals surface area contributed by atoms with Gasteiger partial charge in [-0.05, 0) is 53.4 Å². The van der Waals surface area contributed by atoms with Crippen molar-refractivity contribution in [2.24, 2.45) is 0 Å². The lowest BCUT2D eigenvalue weighted by Gasteiger charge is -2.27. The maximum atomic E-state index is 12.1. The van der Waals surface area contributed by atoms with E-state index >= 15 is 0 Å². The molecule has 0 aliphatic heterocycles. The molecule has 0 N–H and O–H groups in total. The van der Waals surface area contributed by atoms with Crippen LogP contribution in [0.3, 0.4) is 0 Å². The van der Waals surface area contributed by atoms with E-state index in [1.54, 1.807) is 0 Å². The Balaban J connectivity index is 4.11. The summed E-state index contributed by atoms with van der Waals surface area (Å²) in [5.41, 5.74) is -1.06. The van der Waals surface area contributed by atoms with Gasteiger partial charge >= 0.3 is 11.9 Å². The molecule has 0 rings (SSSR count). The van der Waals surface area contributed by atoms with Crippen molar-refractivity contribution in [1.29, 1.82) is 0 Å². The highest BCUT2D eigenvalue weighted by Crippen LogP contribution is 2.22. The lowest BCUT2D eigenvalue weighted by Crippen LogP contribution is -2.32. The first-order chi connectivity index (χ1) is 12.6. The molecule has 0 aliphatic carbocycles. The highest BCUT2D eigenvalue weighted by molar-refractivity contribution is 5.91. The first-order valence-electron chi connectivity index (χ1n) is 11.1. The number of carbonyl (C=O) groups excluding carboxylic acids is 2. The summed E-state index contributed by atoms with van der Waals surface area (Å²) in [7, 11) is 0. The largest absolute Gasteiger partial charge is 0.459 e. The van der Waals surface area contributed by atoms with Crippen LogP contribution in [0.2, 0.25) is 0 Å². The Morgan fingerprint density at radius 1 is 0.593 bits per heavy atom. The Morgan fingerprint density at radius 3 is 1.26 bits per heavy atom. The van der Waals surface area contributed by atoms with Crippen LogP contribution in [0, 0.1) is 0 Å². The topological polar surface area (TPSA) is 52.6 Å². The van der Waals surface area contributed by atoms with Gasteiger partial charge in [-0.1, -0.05) is 65.2 Å². The van der Waals surface area contributed by atoms with E-state index in [0.29, 0.717) is 0 Å². The predicted molar refractivity (Wildman–Crippen MR) is 112 cm³/mol. The van der Waals surface area contributed by atoms with Crippen molar-refractivity contribution < 1.29 is 19.1 Å². The van der Waals surface area contributed by atoms with E-state index in [1.165, 1.54) is 38.5 Å². The molecule has 0 saturated carbocycles. The highest BCUT2D eigenvalue weighted by Gasteiger charge is 2.27. The van der Waals surface area contributed by atoms with Crippen molar-refractivity contribution in [3.8, 4) is 0 Å². The molecule has 0 unspecified atom stereocenters. The molecular formula is C23H44O4. The summed E-state index contributed by atoms with van der Waals surface area (Å²) in [4.78, 5) is 24.2. The van der Waals surface area contributed by atoms with Gasteiger partial charge in [-0.3, -0.25) is 9.59 Å². The molecule has 0 bridgehead atoms. The lowest BCUT2D eigenvalue weighted by molar-refractivity contribution is -0.168. The van der Waals surface area contributed by atoms with Gasteiger partial charge in [-0.15, -0.1) is 0 Å². The standard InChI is InChI=1S/C23H44O4/c1-7-9-11-13-15-17-22(3,4)26-20(24)19-21(25)27-23(5,6)18-16-14-12-10-8-2/h7-19H2,1-6H3. The third-order valence-electron chi connectivity index (χ3n) is 4.83. The monoisotopic (exact) mass is 384 g/mol. The molecule has 0 amide bonds. The van der Waals surface area contributed by atoms with Crippen LogP contribution < -0.4 is 0 Å². The summed E-state index contributed by atoms with van der Waals surface area (Å²) in [6.07, 6.45) is 13.1. The molecule has 160 valence electrons. The molecule has 0 aromatic carbocycles. The van der Waals surface area contributed by atoms with Gasteiger partial charge in [-0.2, -0.15) is 0 Å². The molecule has 4 nitrogen and oxygen atoms in total. The Hall–Kier alpha value is -1.06. The third-order valence-corrected chi connectivity index (χ3v) is 4.83. The minimum atomic E-state index is -0.529. The maximum absolute atomic E-state index is 12.1. The average molecular weight is 385 g/mol. The van der Waals surface area contributed by atoms with Gasteiger partial charge < -0.3 is 9.47 Å². The third kappa shape index (κ3) is 15.7. The Morgan fingerprint density at radius 2 is 0.926 bits per heavy atom.